The molecule has 1 fully saturated rings. The quantitative estimate of drug-likeness (QED) is 0.895. The fourth-order valence-electron chi connectivity index (χ4n) is 2.02. The minimum Gasteiger partial charge on any atom is -0.389 e. The van der Waals surface area contributed by atoms with Gasteiger partial charge in [0.2, 0.25) is 0 Å². The lowest BCUT2D eigenvalue weighted by Crippen LogP contribution is -2.43. The summed E-state index contributed by atoms with van der Waals surface area (Å²) >= 11 is 13.7. The van der Waals surface area contributed by atoms with E-state index >= 15 is 0 Å². The summed E-state index contributed by atoms with van der Waals surface area (Å²) in [7, 11) is 0. The lowest BCUT2D eigenvalue weighted by atomic mass is 9.97. The van der Waals surface area contributed by atoms with Crippen molar-refractivity contribution < 1.29 is 5.11 Å². The fraction of sp³-hybridized carbons (Fsp3) is 0.538. The van der Waals surface area contributed by atoms with E-state index in [2.05, 4.69) is 5.32 Å². The van der Waals surface area contributed by atoms with Crippen LogP contribution in [-0.4, -0.2) is 28.8 Å². The Morgan fingerprint density at radius 3 is 2.61 bits per heavy atom. The zero-order chi connectivity index (χ0) is 13.0. The lowest BCUT2D eigenvalue weighted by Gasteiger charge is -2.32. The van der Waals surface area contributed by atoms with Gasteiger partial charge in [-0.1, -0.05) is 29.3 Å². The van der Waals surface area contributed by atoms with Gasteiger partial charge in [-0.25, -0.2) is 0 Å². The summed E-state index contributed by atoms with van der Waals surface area (Å²) in [6, 6.07) is 5.60. The number of rotatable bonds is 4. The minimum atomic E-state index is -0.540. The Morgan fingerprint density at radius 1 is 1.22 bits per heavy atom. The molecule has 1 heterocycles. The average molecular weight is 306 g/mol. The molecule has 18 heavy (non-hydrogen) atoms. The normalized spacial score (nSPS) is 18.8. The maximum absolute atomic E-state index is 10.3. The molecule has 2 nitrogen and oxygen atoms in total. The highest BCUT2D eigenvalue weighted by Crippen LogP contribution is 2.26. The third-order valence-electron chi connectivity index (χ3n) is 3.19. The Hall–Kier alpha value is 0.0700. The topological polar surface area (TPSA) is 32.3 Å². The maximum Gasteiger partial charge on any atom is 0.0787 e. The molecule has 0 unspecified atom stereocenters. The van der Waals surface area contributed by atoms with E-state index in [0.29, 0.717) is 23.1 Å². The van der Waals surface area contributed by atoms with Gasteiger partial charge in [0.25, 0.3) is 0 Å². The maximum atomic E-state index is 10.3. The first-order valence-electron chi connectivity index (χ1n) is 6.04. The van der Waals surface area contributed by atoms with E-state index in [1.165, 1.54) is 0 Å². The predicted octanol–water partition coefficient (Wildman–Crippen LogP) is 3.34. The molecule has 2 N–H and O–H groups in total. The molecule has 100 valence electrons. The molecule has 0 amide bonds. The largest absolute Gasteiger partial charge is 0.389 e. The van der Waals surface area contributed by atoms with Crippen LogP contribution in [0.3, 0.4) is 0 Å². The number of thioether (sulfide) groups is 1. The number of hydrogen-bond acceptors (Lipinski definition) is 3. The Morgan fingerprint density at radius 2 is 1.94 bits per heavy atom. The van der Waals surface area contributed by atoms with Gasteiger partial charge in [0, 0.05) is 13.1 Å². The SMILES string of the molecule is OC1(CNCc2ccc(Cl)c(Cl)c2)CCSCC1. The van der Waals surface area contributed by atoms with Crippen LogP contribution < -0.4 is 5.32 Å². The molecule has 2 rings (SSSR count). The monoisotopic (exact) mass is 305 g/mol. The third kappa shape index (κ3) is 4.04. The van der Waals surface area contributed by atoms with Crippen LogP contribution in [0.4, 0.5) is 0 Å². The molecular weight excluding hydrogens is 289 g/mol. The molecule has 1 aromatic carbocycles. The average Bonchev–Trinajstić information content (AvgIpc) is 2.34. The van der Waals surface area contributed by atoms with E-state index in [-0.39, 0.29) is 0 Å². The summed E-state index contributed by atoms with van der Waals surface area (Å²) in [5, 5.41) is 14.8. The van der Waals surface area contributed by atoms with Gasteiger partial charge >= 0.3 is 0 Å². The van der Waals surface area contributed by atoms with Gasteiger partial charge in [-0.2, -0.15) is 11.8 Å². The molecule has 0 bridgehead atoms. The molecule has 5 heteroatoms. The van der Waals surface area contributed by atoms with Gasteiger partial charge in [0.15, 0.2) is 0 Å². The van der Waals surface area contributed by atoms with Gasteiger partial charge in [-0.05, 0) is 42.0 Å². The summed E-state index contributed by atoms with van der Waals surface area (Å²) < 4.78 is 0. The second-order valence-corrected chi connectivity index (χ2v) is 6.73. The molecule has 0 spiro atoms. The highest BCUT2D eigenvalue weighted by molar-refractivity contribution is 7.99. The Kier molecular flexibility index (Phi) is 5.22. The second-order valence-electron chi connectivity index (χ2n) is 4.69. The number of benzene rings is 1. The van der Waals surface area contributed by atoms with Gasteiger partial charge in [0.05, 0.1) is 15.6 Å². The van der Waals surface area contributed by atoms with Crippen molar-refractivity contribution in [2.24, 2.45) is 0 Å². The third-order valence-corrected chi connectivity index (χ3v) is 4.92. The molecule has 1 aliphatic rings. The van der Waals surface area contributed by atoms with E-state index < -0.39 is 5.60 Å². The van der Waals surface area contributed by atoms with Crippen LogP contribution in [0.2, 0.25) is 10.0 Å². The molecule has 0 radical (unpaired) electrons. The van der Waals surface area contributed by atoms with E-state index in [9.17, 15) is 5.11 Å². The highest BCUT2D eigenvalue weighted by Gasteiger charge is 2.28. The molecule has 0 saturated carbocycles. The minimum absolute atomic E-state index is 0.540. The number of hydrogen-bond donors (Lipinski definition) is 2. The fourth-order valence-corrected chi connectivity index (χ4v) is 3.59. The van der Waals surface area contributed by atoms with E-state index in [1.54, 1.807) is 6.07 Å². The van der Waals surface area contributed by atoms with Crippen LogP contribution in [-0.2, 0) is 6.54 Å². The summed E-state index contributed by atoms with van der Waals surface area (Å²) in [6.45, 7) is 1.33. The van der Waals surface area contributed by atoms with Crippen molar-refractivity contribution in [3.05, 3.63) is 33.8 Å². The van der Waals surface area contributed by atoms with Crippen LogP contribution in [0.5, 0.6) is 0 Å². The second kappa shape index (κ2) is 6.49. The Balaban J connectivity index is 1.82. The molecule has 0 atom stereocenters. The Bertz CT molecular complexity index is 408. The van der Waals surface area contributed by atoms with Crippen LogP contribution in [0.15, 0.2) is 18.2 Å². The zero-order valence-electron chi connectivity index (χ0n) is 10.1. The van der Waals surface area contributed by atoms with E-state index in [0.717, 1.165) is 29.9 Å². The zero-order valence-corrected chi connectivity index (χ0v) is 12.4. The van der Waals surface area contributed by atoms with Crippen LogP contribution in [0.1, 0.15) is 18.4 Å². The van der Waals surface area contributed by atoms with Crippen molar-refractivity contribution in [1.29, 1.82) is 0 Å². The van der Waals surface area contributed by atoms with Crippen molar-refractivity contribution in [3.8, 4) is 0 Å². The first-order chi connectivity index (χ1) is 8.59. The molecule has 0 aliphatic carbocycles. The first-order valence-corrected chi connectivity index (χ1v) is 7.95. The van der Waals surface area contributed by atoms with Crippen molar-refractivity contribution in [2.45, 2.75) is 25.0 Å². The smallest absolute Gasteiger partial charge is 0.0787 e. The molecule has 1 aromatic rings. The molecule has 1 saturated heterocycles. The number of aliphatic hydroxyl groups is 1. The van der Waals surface area contributed by atoms with Gasteiger partial charge in [-0.15, -0.1) is 0 Å². The van der Waals surface area contributed by atoms with Crippen molar-refractivity contribution in [2.75, 3.05) is 18.1 Å². The van der Waals surface area contributed by atoms with Crippen molar-refractivity contribution in [3.63, 3.8) is 0 Å². The summed E-state index contributed by atoms with van der Waals surface area (Å²) in [6.07, 6.45) is 1.73. The van der Waals surface area contributed by atoms with Gasteiger partial charge in [0.1, 0.15) is 0 Å². The van der Waals surface area contributed by atoms with Crippen LogP contribution >= 0.6 is 35.0 Å². The number of halogens is 2. The number of nitrogens with one attached hydrogen (secondary N) is 1. The highest BCUT2D eigenvalue weighted by atomic mass is 35.5. The first kappa shape index (κ1) is 14.5. The Labute approximate surface area is 122 Å². The summed E-state index contributed by atoms with van der Waals surface area (Å²) in [4.78, 5) is 0. The van der Waals surface area contributed by atoms with Crippen molar-refractivity contribution >= 4 is 35.0 Å². The van der Waals surface area contributed by atoms with Gasteiger partial charge < -0.3 is 10.4 Å². The van der Waals surface area contributed by atoms with Crippen molar-refractivity contribution in [1.82, 2.24) is 5.32 Å². The van der Waals surface area contributed by atoms with E-state index in [1.807, 2.05) is 23.9 Å². The summed E-state index contributed by atoms with van der Waals surface area (Å²) in [5.41, 5.74) is 0.541. The predicted molar refractivity (Wildman–Crippen MR) is 79.7 cm³/mol. The summed E-state index contributed by atoms with van der Waals surface area (Å²) in [5.74, 6) is 2.09. The molecule has 0 aromatic heterocycles. The van der Waals surface area contributed by atoms with Crippen LogP contribution in [0, 0.1) is 0 Å². The van der Waals surface area contributed by atoms with Gasteiger partial charge in [-0.3, -0.25) is 0 Å². The molecular formula is C13H17Cl2NOS. The van der Waals surface area contributed by atoms with Crippen LogP contribution in [0.25, 0.3) is 0 Å². The molecule has 1 aliphatic heterocycles. The standard InChI is InChI=1S/C13H17Cl2NOS/c14-11-2-1-10(7-12(11)15)8-16-9-13(17)3-5-18-6-4-13/h1-2,7,16-17H,3-6,8-9H2. The lowest BCUT2D eigenvalue weighted by molar-refractivity contribution is 0.0320. The van der Waals surface area contributed by atoms with E-state index in [4.69, 9.17) is 23.2 Å².